The zero-order chi connectivity index (χ0) is 11.9. The van der Waals surface area contributed by atoms with E-state index < -0.39 is 0 Å². The Labute approximate surface area is 110 Å². The van der Waals surface area contributed by atoms with Gasteiger partial charge in [0.25, 0.3) is 0 Å². The first-order chi connectivity index (χ1) is 8.14. The summed E-state index contributed by atoms with van der Waals surface area (Å²) in [6, 6.07) is 2.41. The molecule has 0 aromatic heterocycles. The van der Waals surface area contributed by atoms with E-state index in [1.165, 1.54) is 50.3 Å². The number of nitrogens with one attached hydrogen (secondary N) is 1. The molecule has 2 nitrogen and oxygen atoms in total. The molecule has 0 radical (unpaired) electrons. The third kappa shape index (κ3) is 2.66. The molecule has 3 saturated heterocycles. The lowest BCUT2D eigenvalue weighted by atomic mass is 9.87. The SMILES string of the molecule is CC1(C)CSCC(NC2CCN3CCCC23)C1. The van der Waals surface area contributed by atoms with Gasteiger partial charge in [-0.05, 0) is 43.4 Å². The average molecular weight is 254 g/mol. The zero-order valence-corrected chi connectivity index (χ0v) is 12.1. The Hall–Kier alpha value is 0.270. The van der Waals surface area contributed by atoms with Crippen molar-refractivity contribution in [3.05, 3.63) is 0 Å². The van der Waals surface area contributed by atoms with Crippen LogP contribution in [0.3, 0.4) is 0 Å². The van der Waals surface area contributed by atoms with Gasteiger partial charge in [-0.25, -0.2) is 0 Å². The van der Waals surface area contributed by atoms with Gasteiger partial charge in [-0.3, -0.25) is 4.90 Å². The topological polar surface area (TPSA) is 15.3 Å². The number of fused-ring (bicyclic) bond motifs is 1. The summed E-state index contributed by atoms with van der Waals surface area (Å²) >= 11 is 2.14. The van der Waals surface area contributed by atoms with Crippen molar-refractivity contribution in [2.45, 2.75) is 57.7 Å². The number of hydrogen-bond acceptors (Lipinski definition) is 3. The van der Waals surface area contributed by atoms with Crippen LogP contribution in [0.1, 0.15) is 39.5 Å². The molecule has 0 aromatic carbocycles. The second-order valence-corrected chi connectivity index (χ2v) is 7.92. The third-order valence-electron chi connectivity index (χ3n) is 4.67. The van der Waals surface area contributed by atoms with E-state index in [0.29, 0.717) is 5.41 Å². The maximum atomic E-state index is 3.98. The molecular formula is C14H26N2S. The molecule has 0 aliphatic carbocycles. The zero-order valence-electron chi connectivity index (χ0n) is 11.2. The summed E-state index contributed by atoms with van der Waals surface area (Å²) in [6.45, 7) is 7.54. The first-order valence-corrected chi connectivity index (χ1v) is 8.37. The van der Waals surface area contributed by atoms with Crippen molar-refractivity contribution < 1.29 is 0 Å². The van der Waals surface area contributed by atoms with E-state index >= 15 is 0 Å². The summed E-state index contributed by atoms with van der Waals surface area (Å²) in [4.78, 5) is 2.71. The van der Waals surface area contributed by atoms with E-state index in [-0.39, 0.29) is 0 Å². The summed E-state index contributed by atoms with van der Waals surface area (Å²) in [6.07, 6.45) is 5.60. The summed E-state index contributed by atoms with van der Waals surface area (Å²) in [5.41, 5.74) is 0.536. The number of hydrogen-bond donors (Lipinski definition) is 1. The van der Waals surface area contributed by atoms with E-state index in [4.69, 9.17) is 0 Å². The van der Waals surface area contributed by atoms with Crippen LogP contribution in [-0.4, -0.2) is 47.6 Å². The third-order valence-corrected chi connectivity index (χ3v) is 6.29. The summed E-state index contributed by atoms with van der Waals surface area (Å²) in [7, 11) is 0. The highest BCUT2D eigenvalue weighted by molar-refractivity contribution is 7.99. The quantitative estimate of drug-likeness (QED) is 0.814. The van der Waals surface area contributed by atoms with E-state index in [1.807, 2.05) is 0 Å². The van der Waals surface area contributed by atoms with E-state index in [2.05, 4.69) is 35.8 Å². The van der Waals surface area contributed by atoms with Crippen molar-refractivity contribution >= 4 is 11.8 Å². The fourth-order valence-corrected chi connectivity index (χ4v) is 5.24. The Morgan fingerprint density at radius 1 is 1.24 bits per heavy atom. The standard InChI is InChI=1S/C14H26N2S/c1-14(2)8-11(9-17-10-14)15-12-5-7-16-6-3-4-13(12)16/h11-13,15H,3-10H2,1-2H3. The van der Waals surface area contributed by atoms with Gasteiger partial charge in [0.15, 0.2) is 0 Å². The molecule has 3 atom stereocenters. The van der Waals surface area contributed by atoms with Gasteiger partial charge in [-0.1, -0.05) is 13.8 Å². The summed E-state index contributed by atoms with van der Waals surface area (Å²) < 4.78 is 0. The molecule has 3 heterocycles. The van der Waals surface area contributed by atoms with Crippen molar-refractivity contribution in [1.82, 2.24) is 10.2 Å². The minimum Gasteiger partial charge on any atom is -0.309 e. The molecule has 17 heavy (non-hydrogen) atoms. The summed E-state index contributed by atoms with van der Waals surface area (Å²) in [5, 5.41) is 3.98. The van der Waals surface area contributed by atoms with Gasteiger partial charge in [0, 0.05) is 30.4 Å². The second-order valence-electron chi connectivity index (χ2n) is 6.89. The molecule has 3 aliphatic rings. The second kappa shape index (κ2) is 4.75. The molecular weight excluding hydrogens is 228 g/mol. The van der Waals surface area contributed by atoms with Crippen molar-refractivity contribution in [3.63, 3.8) is 0 Å². The molecule has 0 aromatic rings. The minimum atomic E-state index is 0.536. The molecule has 1 N–H and O–H groups in total. The van der Waals surface area contributed by atoms with E-state index in [0.717, 1.165) is 18.1 Å². The largest absolute Gasteiger partial charge is 0.309 e. The molecule has 0 saturated carbocycles. The highest BCUT2D eigenvalue weighted by atomic mass is 32.2. The number of rotatable bonds is 2. The Kier molecular flexibility index (Phi) is 3.44. The van der Waals surface area contributed by atoms with E-state index in [1.54, 1.807) is 0 Å². The predicted molar refractivity (Wildman–Crippen MR) is 75.6 cm³/mol. The first-order valence-electron chi connectivity index (χ1n) is 7.22. The van der Waals surface area contributed by atoms with Gasteiger partial charge in [-0.2, -0.15) is 11.8 Å². The van der Waals surface area contributed by atoms with Gasteiger partial charge >= 0.3 is 0 Å². The van der Waals surface area contributed by atoms with Gasteiger partial charge in [0.1, 0.15) is 0 Å². The molecule has 0 amide bonds. The van der Waals surface area contributed by atoms with Crippen LogP contribution in [0, 0.1) is 5.41 Å². The van der Waals surface area contributed by atoms with Crippen molar-refractivity contribution in [2.75, 3.05) is 24.6 Å². The maximum absolute atomic E-state index is 3.98. The minimum absolute atomic E-state index is 0.536. The monoisotopic (exact) mass is 254 g/mol. The summed E-state index contributed by atoms with van der Waals surface area (Å²) in [5.74, 6) is 2.66. The number of nitrogens with zero attached hydrogens (tertiary/aromatic N) is 1. The average Bonchev–Trinajstić information content (AvgIpc) is 2.81. The highest BCUT2D eigenvalue weighted by Crippen LogP contribution is 2.35. The van der Waals surface area contributed by atoms with Crippen LogP contribution in [0.5, 0.6) is 0 Å². The van der Waals surface area contributed by atoms with Crippen molar-refractivity contribution in [3.8, 4) is 0 Å². The lowest BCUT2D eigenvalue weighted by molar-refractivity contribution is 0.262. The van der Waals surface area contributed by atoms with Gasteiger partial charge < -0.3 is 5.32 Å². The number of thioether (sulfide) groups is 1. The molecule has 3 heteroatoms. The van der Waals surface area contributed by atoms with Crippen LogP contribution in [-0.2, 0) is 0 Å². The van der Waals surface area contributed by atoms with Gasteiger partial charge in [0.05, 0.1) is 0 Å². The Balaban J connectivity index is 1.56. The van der Waals surface area contributed by atoms with Crippen LogP contribution in [0.2, 0.25) is 0 Å². The van der Waals surface area contributed by atoms with Crippen LogP contribution in [0.15, 0.2) is 0 Å². The smallest absolute Gasteiger partial charge is 0.0250 e. The lowest BCUT2D eigenvalue weighted by Gasteiger charge is -2.37. The van der Waals surface area contributed by atoms with E-state index in [9.17, 15) is 0 Å². The van der Waals surface area contributed by atoms with Crippen LogP contribution in [0.25, 0.3) is 0 Å². The van der Waals surface area contributed by atoms with Crippen LogP contribution in [0.4, 0.5) is 0 Å². The molecule has 3 unspecified atom stereocenters. The molecule has 98 valence electrons. The Bertz CT molecular complexity index is 279. The van der Waals surface area contributed by atoms with Crippen LogP contribution >= 0.6 is 11.8 Å². The maximum Gasteiger partial charge on any atom is 0.0250 e. The molecule has 3 fully saturated rings. The lowest BCUT2D eigenvalue weighted by Crippen LogP contribution is -2.48. The van der Waals surface area contributed by atoms with Crippen molar-refractivity contribution in [2.24, 2.45) is 5.41 Å². The molecule has 0 spiro atoms. The fraction of sp³-hybridized carbons (Fsp3) is 1.00. The molecule has 3 aliphatic heterocycles. The predicted octanol–water partition coefficient (Wildman–Crippen LogP) is 2.34. The van der Waals surface area contributed by atoms with Gasteiger partial charge in [0.2, 0.25) is 0 Å². The first kappa shape index (κ1) is 12.3. The Morgan fingerprint density at radius 3 is 2.94 bits per heavy atom. The Morgan fingerprint density at radius 2 is 2.12 bits per heavy atom. The highest BCUT2D eigenvalue weighted by Gasteiger charge is 2.39. The molecule has 0 bridgehead atoms. The normalized spacial score (nSPS) is 41.6. The van der Waals surface area contributed by atoms with Crippen LogP contribution < -0.4 is 5.32 Å². The molecule has 3 rings (SSSR count). The van der Waals surface area contributed by atoms with Gasteiger partial charge in [-0.15, -0.1) is 0 Å². The fourth-order valence-electron chi connectivity index (χ4n) is 3.95. The van der Waals surface area contributed by atoms with Crippen molar-refractivity contribution in [1.29, 1.82) is 0 Å².